The number of quaternary nitrogens is 1. The molecule has 0 saturated carbocycles. The molecule has 0 aliphatic heterocycles. The topological polar surface area (TPSA) is 105 Å². The van der Waals surface area contributed by atoms with Crippen molar-refractivity contribution in [2.24, 2.45) is 0 Å². The Labute approximate surface area is 459 Å². The van der Waals surface area contributed by atoms with Gasteiger partial charge >= 0.3 is 7.82 Å². The van der Waals surface area contributed by atoms with Gasteiger partial charge in [0.2, 0.25) is 5.91 Å². The molecule has 0 aromatic heterocycles. The van der Waals surface area contributed by atoms with E-state index >= 15 is 0 Å². The zero-order valence-electron chi connectivity index (χ0n) is 49.3. The average molecular weight is 1060 g/mol. The maximum atomic E-state index is 13.0. The molecule has 3 N–H and O–H groups in total. The Hall–Kier alpha value is -2.06. The normalized spacial score (nSPS) is 14.3. The van der Waals surface area contributed by atoms with Gasteiger partial charge in [-0.1, -0.05) is 286 Å². The van der Waals surface area contributed by atoms with Crippen LogP contribution < -0.4 is 5.32 Å². The molecule has 8 nitrogen and oxygen atoms in total. The summed E-state index contributed by atoms with van der Waals surface area (Å²) in [6.07, 6.45) is 77.3. The first kappa shape index (κ1) is 71.9. The summed E-state index contributed by atoms with van der Waals surface area (Å²) in [7, 11) is 1.58. The lowest BCUT2D eigenvalue weighted by Gasteiger charge is -2.25. The number of hydrogen-bond donors (Lipinski definition) is 3. The van der Waals surface area contributed by atoms with Gasteiger partial charge in [0, 0.05) is 6.42 Å². The largest absolute Gasteiger partial charge is 0.472 e. The van der Waals surface area contributed by atoms with E-state index in [9.17, 15) is 19.4 Å². The summed E-state index contributed by atoms with van der Waals surface area (Å²) >= 11 is 0. The molecule has 0 aliphatic carbocycles. The summed E-state index contributed by atoms with van der Waals surface area (Å²) in [6.45, 7) is 4.73. The number of carbonyl (C=O) groups is 1. The predicted octanol–water partition coefficient (Wildman–Crippen LogP) is 19.4. The van der Waals surface area contributed by atoms with E-state index in [1.807, 2.05) is 27.2 Å². The van der Waals surface area contributed by atoms with Crippen molar-refractivity contribution in [3.05, 3.63) is 72.9 Å². The maximum absolute atomic E-state index is 13.0. The number of carbonyl (C=O) groups excluding carboxylic acids is 1. The molecule has 0 radical (unpaired) electrons. The Balaban J connectivity index is 4.13. The second kappa shape index (κ2) is 55.7. The van der Waals surface area contributed by atoms with Crippen molar-refractivity contribution in [1.29, 1.82) is 0 Å². The molecule has 1 amide bonds. The first-order valence-electron chi connectivity index (χ1n) is 31.3. The first-order valence-corrected chi connectivity index (χ1v) is 32.8. The van der Waals surface area contributed by atoms with E-state index < -0.39 is 20.0 Å². The van der Waals surface area contributed by atoms with Gasteiger partial charge in [-0.15, -0.1) is 0 Å². The quantitative estimate of drug-likeness (QED) is 0.0243. The maximum Gasteiger partial charge on any atom is 0.472 e. The molecule has 0 saturated heterocycles. The minimum Gasteiger partial charge on any atom is -0.387 e. The molecular weight excluding hydrogens is 936 g/mol. The van der Waals surface area contributed by atoms with Crippen LogP contribution >= 0.6 is 7.82 Å². The molecule has 0 heterocycles. The van der Waals surface area contributed by atoms with Crippen LogP contribution in [0.2, 0.25) is 0 Å². The highest BCUT2D eigenvalue weighted by atomic mass is 31.2. The summed E-state index contributed by atoms with van der Waals surface area (Å²) in [4.78, 5) is 23.4. The van der Waals surface area contributed by atoms with Gasteiger partial charge in [0.1, 0.15) is 13.2 Å². The standard InChI is InChI=1S/C65H121N2O6P/c1-6-8-10-12-14-16-18-20-22-24-26-28-29-30-31-32-33-34-35-36-37-39-41-43-45-47-49-51-53-55-57-59-65(69)66-63(62-73-74(70,71)72-61-60-67(3,4)5)64(68)58-56-54-52-50-48-46-44-42-40-38-27-25-23-21-19-17-15-13-11-9-7-2/h8,10,14,16,20,22,26,28,30-31,56,58,63-64,68H,6-7,9,11-13,15,17-19,21,23-25,27,29,32-55,57,59-62H2,1-5H3,(H-,66,69,70,71)/p+1/b10-8-,16-14-,22-20-,28-26-,31-30-,58-56+. The van der Waals surface area contributed by atoms with Crippen molar-refractivity contribution in [1.82, 2.24) is 5.32 Å². The van der Waals surface area contributed by atoms with Gasteiger partial charge in [-0.05, 0) is 64.2 Å². The summed E-state index contributed by atoms with van der Waals surface area (Å²) in [5, 5.41) is 14.0. The minimum absolute atomic E-state index is 0.0604. The number of unbranched alkanes of at least 4 members (excludes halogenated alkanes) is 34. The number of hydrogen-bond acceptors (Lipinski definition) is 5. The zero-order chi connectivity index (χ0) is 54.2. The van der Waals surface area contributed by atoms with Crippen LogP contribution in [0.25, 0.3) is 0 Å². The van der Waals surface area contributed by atoms with Crippen LogP contribution in [0, 0.1) is 0 Å². The SMILES string of the molecule is CC/C=C\C/C=C\C/C=C\C/C=C\C/C=C\CCCCCCCCCCCCCCCCCC(=O)NC(COP(=O)(O)OCC[N+](C)(C)C)C(O)/C=C/CCCCCCCCCCCCCCCCCCCCC. The third-order valence-electron chi connectivity index (χ3n) is 13.9. The number of nitrogens with one attached hydrogen (secondary N) is 1. The number of phosphoric ester groups is 1. The van der Waals surface area contributed by atoms with Crippen LogP contribution in [-0.2, 0) is 18.4 Å². The van der Waals surface area contributed by atoms with Gasteiger partial charge in [-0.2, -0.15) is 0 Å². The number of aliphatic hydroxyl groups excluding tert-OH is 1. The summed E-state index contributed by atoms with van der Waals surface area (Å²) in [5.74, 6) is -0.176. The Kier molecular flexibility index (Phi) is 54.1. The minimum atomic E-state index is -4.35. The number of allylic oxidation sites excluding steroid dienone is 11. The van der Waals surface area contributed by atoms with Gasteiger partial charge in [0.25, 0.3) is 0 Å². The van der Waals surface area contributed by atoms with Crippen LogP contribution in [0.4, 0.5) is 0 Å². The smallest absolute Gasteiger partial charge is 0.387 e. The molecule has 9 heteroatoms. The van der Waals surface area contributed by atoms with E-state index in [0.29, 0.717) is 17.4 Å². The predicted molar refractivity (Wildman–Crippen MR) is 323 cm³/mol. The van der Waals surface area contributed by atoms with Crippen molar-refractivity contribution in [3.63, 3.8) is 0 Å². The van der Waals surface area contributed by atoms with Crippen molar-refractivity contribution in [2.75, 3.05) is 40.9 Å². The monoisotopic (exact) mass is 1060 g/mol. The van der Waals surface area contributed by atoms with Crippen molar-refractivity contribution >= 4 is 13.7 Å². The molecule has 0 spiro atoms. The number of aliphatic hydroxyl groups is 1. The van der Waals surface area contributed by atoms with Crippen LogP contribution in [0.15, 0.2) is 72.9 Å². The molecule has 0 rings (SSSR count). The third kappa shape index (κ3) is 57.6. The van der Waals surface area contributed by atoms with Crippen LogP contribution in [0.1, 0.15) is 284 Å². The number of rotatable bonds is 57. The van der Waals surface area contributed by atoms with E-state index in [4.69, 9.17) is 9.05 Å². The highest BCUT2D eigenvalue weighted by Crippen LogP contribution is 2.43. The highest BCUT2D eigenvalue weighted by molar-refractivity contribution is 7.47. The highest BCUT2D eigenvalue weighted by Gasteiger charge is 2.27. The lowest BCUT2D eigenvalue weighted by atomic mass is 10.0. The third-order valence-corrected chi connectivity index (χ3v) is 14.9. The van der Waals surface area contributed by atoms with Crippen LogP contribution in [-0.4, -0.2) is 73.4 Å². The molecule has 0 aromatic rings. The summed E-state index contributed by atoms with van der Waals surface area (Å²) < 4.78 is 23.8. The molecule has 0 fully saturated rings. The second-order valence-electron chi connectivity index (χ2n) is 22.4. The van der Waals surface area contributed by atoms with E-state index in [0.717, 1.165) is 70.6 Å². The van der Waals surface area contributed by atoms with E-state index in [2.05, 4.69) is 79.9 Å². The lowest BCUT2D eigenvalue weighted by Crippen LogP contribution is -2.45. The Bertz CT molecular complexity index is 1430. The fraction of sp³-hybridized carbons (Fsp3) is 0.800. The van der Waals surface area contributed by atoms with Crippen LogP contribution in [0.3, 0.4) is 0 Å². The number of likely N-dealkylation sites (N-methyl/N-ethyl adjacent to an activating group) is 1. The number of nitrogens with zero attached hydrogens (tertiary/aromatic N) is 1. The molecule has 0 bridgehead atoms. The van der Waals surface area contributed by atoms with Gasteiger partial charge in [-0.3, -0.25) is 13.8 Å². The Morgan fingerprint density at radius 3 is 1.19 bits per heavy atom. The Morgan fingerprint density at radius 1 is 0.473 bits per heavy atom. The van der Waals surface area contributed by atoms with Crippen LogP contribution in [0.5, 0.6) is 0 Å². The van der Waals surface area contributed by atoms with Gasteiger partial charge in [-0.25, -0.2) is 4.57 Å². The number of phosphoric acid groups is 1. The fourth-order valence-corrected chi connectivity index (χ4v) is 9.81. The number of amides is 1. The van der Waals surface area contributed by atoms with E-state index in [1.165, 1.54) is 193 Å². The van der Waals surface area contributed by atoms with Gasteiger partial charge in [0.05, 0.1) is 39.9 Å². The van der Waals surface area contributed by atoms with E-state index in [-0.39, 0.29) is 19.1 Å². The van der Waals surface area contributed by atoms with E-state index in [1.54, 1.807) is 6.08 Å². The summed E-state index contributed by atoms with van der Waals surface area (Å²) in [6, 6.07) is -0.850. The zero-order valence-corrected chi connectivity index (χ0v) is 50.2. The van der Waals surface area contributed by atoms with Gasteiger partial charge < -0.3 is 19.8 Å². The molecule has 0 aliphatic rings. The Morgan fingerprint density at radius 2 is 0.811 bits per heavy atom. The van der Waals surface area contributed by atoms with Crippen molar-refractivity contribution in [3.8, 4) is 0 Å². The fourth-order valence-electron chi connectivity index (χ4n) is 9.07. The molecule has 74 heavy (non-hydrogen) atoms. The molecule has 3 unspecified atom stereocenters. The molecule has 0 aromatic carbocycles. The van der Waals surface area contributed by atoms with Crippen molar-refractivity contribution < 1.29 is 32.9 Å². The lowest BCUT2D eigenvalue weighted by molar-refractivity contribution is -0.870. The average Bonchev–Trinajstić information content (AvgIpc) is 3.36. The van der Waals surface area contributed by atoms with Gasteiger partial charge in [0.15, 0.2) is 0 Å². The second-order valence-corrected chi connectivity index (χ2v) is 23.9. The molecule has 3 atom stereocenters. The summed E-state index contributed by atoms with van der Waals surface area (Å²) in [5.41, 5.74) is 0. The molecular formula is C65H122N2O6P+. The molecule has 432 valence electrons. The first-order chi connectivity index (χ1) is 36.0. The van der Waals surface area contributed by atoms with Crippen molar-refractivity contribution in [2.45, 2.75) is 296 Å².